The molecule has 1 aromatic heterocycles. The lowest BCUT2D eigenvalue weighted by Crippen LogP contribution is -2.27. The minimum absolute atomic E-state index is 0.0821. The standard InChI is InChI=1S/C10H19N5O/c1-4-5-15-10(9(11)7(2)14-15)13-6-8(16)12-3/h13H,4-6,11H2,1-3H3,(H,12,16). The molecule has 0 aliphatic rings. The van der Waals surface area contributed by atoms with E-state index in [0.717, 1.165) is 24.5 Å². The number of nitrogens with zero attached hydrogens (tertiary/aromatic N) is 2. The number of likely N-dealkylation sites (N-methyl/N-ethyl adjacent to an activating group) is 1. The third-order valence-electron chi connectivity index (χ3n) is 2.30. The molecule has 0 aliphatic carbocycles. The molecule has 90 valence electrons. The maximum absolute atomic E-state index is 11.1. The summed E-state index contributed by atoms with van der Waals surface area (Å²) in [6.07, 6.45) is 0.967. The summed E-state index contributed by atoms with van der Waals surface area (Å²) in [6, 6.07) is 0. The van der Waals surface area contributed by atoms with Crippen LogP contribution in [0.15, 0.2) is 0 Å². The summed E-state index contributed by atoms with van der Waals surface area (Å²) < 4.78 is 1.80. The lowest BCUT2D eigenvalue weighted by molar-refractivity contribution is -0.118. The van der Waals surface area contributed by atoms with Crippen molar-refractivity contribution in [2.75, 3.05) is 24.6 Å². The van der Waals surface area contributed by atoms with Crippen LogP contribution in [0, 0.1) is 6.92 Å². The third-order valence-corrected chi connectivity index (χ3v) is 2.30. The zero-order chi connectivity index (χ0) is 12.1. The van der Waals surface area contributed by atoms with E-state index >= 15 is 0 Å². The SMILES string of the molecule is CCCn1nc(C)c(N)c1NCC(=O)NC. The predicted molar refractivity (Wildman–Crippen MR) is 64.2 cm³/mol. The van der Waals surface area contributed by atoms with Gasteiger partial charge in [-0.25, -0.2) is 4.68 Å². The first-order chi connectivity index (χ1) is 7.60. The van der Waals surface area contributed by atoms with Crippen LogP contribution in [-0.4, -0.2) is 29.3 Å². The second kappa shape index (κ2) is 5.39. The lowest BCUT2D eigenvalue weighted by atomic mass is 10.4. The van der Waals surface area contributed by atoms with E-state index in [-0.39, 0.29) is 12.5 Å². The molecule has 0 saturated heterocycles. The van der Waals surface area contributed by atoms with E-state index in [4.69, 9.17) is 5.73 Å². The molecule has 6 nitrogen and oxygen atoms in total. The van der Waals surface area contributed by atoms with Gasteiger partial charge in [-0.05, 0) is 13.3 Å². The predicted octanol–water partition coefficient (Wildman–Crippen LogP) is 0.342. The third kappa shape index (κ3) is 2.65. The fourth-order valence-corrected chi connectivity index (χ4v) is 1.41. The van der Waals surface area contributed by atoms with Crippen LogP contribution in [0.1, 0.15) is 19.0 Å². The minimum atomic E-state index is -0.0821. The van der Waals surface area contributed by atoms with Gasteiger partial charge in [-0.15, -0.1) is 0 Å². The van der Waals surface area contributed by atoms with Gasteiger partial charge in [0.2, 0.25) is 5.91 Å². The van der Waals surface area contributed by atoms with Gasteiger partial charge >= 0.3 is 0 Å². The fourth-order valence-electron chi connectivity index (χ4n) is 1.41. The molecule has 0 radical (unpaired) electrons. The van der Waals surface area contributed by atoms with Crippen molar-refractivity contribution < 1.29 is 4.79 Å². The molecule has 0 aromatic carbocycles. The molecular formula is C10H19N5O. The van der Waals surface area contributed by atoms with E-state index in [1.807, 2.05) is 6.92 Å². The van der Waals surface area contributed by atoms with Gasteiger partial charge in [0, 0.05) is 13.6 Å². The van der Waals surface area contributed by atoms with Gasteiger partial charge < -0.3 is 16.4 Å². The summed E-state index contributed by atoms with van der Waals surface area (Å²) >= 11 is 0. The van der Waals surface area contributed by atoms with Crippen molar-refractivity contribution in [3.8, 4) is 0 Å². The molecule has 16 heavy (non-hydrogen) atoms. The highest BCUT2D eigenvalue weighted by atomic mass is 16.1. The number of nitrogens with one attached hydrogen (secondary N) is 2. The van der Waals surface area contributed by atoms with Crippen molar-refractivity contribution in [2.24, 2.45) is 0 Å². The molecule has 1 aromatic rings. The van der Waals surface area contributed by atoms with E-state index in [1.165, 1.54) is 0 Å². The van der Waals surface area contributed by atoms with Crippen LogP contribution < -0.4 is 16.4 Å². The number of hydrogen-bond donors (Lipinski definition) is 3. The monoisotopic (exact) mass is 225 g/mol. The second-order valence-corrected chi connectivity index (χ2v) is 3.60. The van der Waals surface area contributed by atoms with E-state index in [0.29, 0.717) is 5.69 Å². The van der Waals surface area contributed by atoms with E-state index in [2.05, 4.69) is 22.7 Å². The summed E-state index contributed by atoms with van der Waals surface area (Å²) in [5, 5.41) is 9.84. The Bertz CT molecular complexity index is 372. The van der Waals surface area contributed by atoms with Crippen LogP contribution in [0.2, 0.25) is 0 Å². The zero-order valence-electron chi connectivity index (χ0n) is 10.0. The second-order valence-electron chi connectivity index (χ2n) is 3.60. The molecule has 0 aliphatic heterocycles. The molecule has 0 fully saturated rings. The van der Waals surface area contributed by atoms with E-state index in [1.54, 1.807) is 11.7 Å². The summed E-state index contributed by atoms with van der Waals surface area (Å²) in [4.78, 5) is 11.1. The molecular weight excluding hydrogens is 206 g/mol. The van der Waals surface area contributed by atoms with Crippen LogP contribution >= 0.6 is 0 Å². The van der Waals surface area contributed by atoms with Crippen LogP contribution in [0.3, 0.4) is 0 Å². The highest BCUT2D eigenvalue weighted by molar-refractivity contribution is 5.81. The molecule has 0 unspecified atom stereocenters. The number of nitrogens with two attached hydrogens (primary N) is 1. The number of carbonyl (C=O) groups is 1. The Kier molecular flexibility index (Phi) is 4.16. The van der Waals surface area contributed by atoms with Crippen molar-refractivity contribution in [1.82, 2.24) is 15.1 Å². The van der Waals surface area contributed by atoms with Gasteiger partial charge in [-0.1, -0.05) is 6.92 Å². The largest absolute Gasteiger partial charge is 0.394 e. The lowest BCUT2D eigenvalue weighted by Gasteiger charge is -2.09. The smallest absolute Gasteiger partial charge is 0.239 e. The molecule has 4 N–H and O–H groups in total. The molecule has 1 amide bonds. The van der Waals surface area contributed by atoms with Crippen molar-refractivity contribution in [1.29, 1.82) is 0 Å². The van der Waals surface area contributed by atoms with Crippen molar-refractivity contribution in [3.63, 3.8) is 0 Å². The Morgan fingerprint density at radius 1 is 1.56 bits per heavy atom. The average Bonchev–Trinajstić information content (AvgIpc) is 2.53. The molecule has 0 bridgehead atoms. The normalized spacial score (nSPS) is 10.2. The summed E-state index contributed by atoms with van der Waals surface area (Å²) in [5.74, 6) is 0.643. The highest BCUT2D eigenvalue weighted by Gasteiger charge is 2.12. The average molecular weight is 225 g/mol. The zero-order valence-corrected chi connectivity index (χ0v) is 10.0. The van der Waals surface area contributed by atoms with Crippen LogP contribution in [-0.2, 0) is 11.3 Å². The highest BCUT2D eigenvalue weighted by Crippen LogP contribution is 2.21. The fraction of sp³-hybridized carbons (Fsp3) is 0.600. The van der Waals surface area contributed by atoms with Crippen molar-refractivity contribution in [3.05, 3.63) is 5.69 Å². The summed E-state index contributed by atoms with van der Waals surface area (Å²) in [6.45, 7) is 4.91. The maximum Gasteiger partial charge on any atom is 0.239 e. The number of aromatic nitrogens is 2. The Hall–Kier alpha value is -1.72. The Labute approximate surface area is 95.2 Å². The molecule has 0 saturated carbocycles. The number of aryl methyl sites for hydroxylation is 2. The number of nitrogen functional groups attached to an aromatic ring is 1. The van der Waals surface area contributed by atoms with Crippen LogP contribution in [0.5, 0.6) is 0 Å². The van der Waals surface area contributed by atoms with Gasteiger partial charge in [0.25, 0.3) is 0 Å². The van der Waals surface area contributed by atoms with Crippen molar-refractivity contribution in [2.45, 2.75) is 26.8 Å². The quantitative estimate of drug-likeness (QED) is 0.674. The Balaban J connectivity index is 2.80. The molecule has 1 rings (SSSR count). The summed E-state index contributed by atoms with van der Waals surface area (Å²) in [5.41, 5.74) is 7.28. The first-order valence-electron chi connectivity index (χ1n) is 5.37. The number of carbonyl (C=O) groups excluding carboxylic acids is 1. The maximum atomic E-state index is 11.1. The number of rotatable bonds is 5. The van der Waals surface area contributed by atoms with Gasteiger partial charge in [0.1, 0.15) is 5.82 Å². The number of anilines is 2. The molecule has 6 heteroatoms. The molecule has 0 spiro atoms. The van der Waals surface area contributed by atoms with Crippen LogP contribution in [0.4, 0.5) is 11.5 Å². The van der Waals surface area contributed by atoms with Crippen molar-refractivity contribution >= 4 is 17.4 Å². The number of hydrogen-bond acceptors (Lipinski definition) is 4. The summed E-state index contributed by atoms with van der Waals surface area (Å²) in [7, 11) is 1.60. The molecule has 0 atom stereocenters. The van der Waals surface area contributed by atoms with E-state index in [9.17, 15) is 4.79 Å². The van der Waals surface area contributed by atoms with Gasteiger partial charge in [-0.3, -0.25) is 4.79 Å². The van der Waals surface area contributed by atoms with Crippen LogP contribution in [0.25, 0.3) is 0 Å². The first-order valence-corrected chi connectivity index (χ1v) is 5.37. The topological polar surface area (TPSA) is 85.0 Å². The molecule has 1 heterocycles. The van der Waals surface area contributed by atoms with E-state index < -0.39 is 0 Å². The van der Waals surface area contributed by atoms with Gasteiger partial charge in [-0.2, -0.15) is 5.10 Å². The Morgan fingerprint density at radius 2 is 2.25 bits per heavy atom. The number of amides is 1. The minimum Gasteiger partial charge on any atom is -0.394 e. The first kappa shape index (κ1) is 12.4. The van der Waals surface area contributed by atoms with Gasteiger partial charge in [0.15, 0.2) is 0 Å². The Morgan fingerprint density at radius 3 is 2.81 bits per heavy atom. The van der Waals surface area contributed by atoms with Gasteiger partial charge in [0.05, 0.1) is 17.9 Å².